The Kier molecular flexibility index (Phi) is 2.99. The van der Waals surface area contributed by atoms with Gasteiger partial charge in [0, 0.05) is 24.1 Å². The highest BCUT2D eigenvalue weighted by Gasteiger charge is 2.13. The molecule has 3 aromatic rings. The number of carbonyl (C=O) groups is 1. The number of hydrogen-bond donors (Lipinski definition) is 0. The van der Waals surface area contributed by atoms with Crippen LogP contribution in [0, 0.1) is 0 Å². The van der Waals surface area contributed by atoms with E-state index in [9.17, 15) is 4.79 Å². The van der Waals surface area contributed by atoms with Gasteiger partial charge in [-0.1, -0.05) is 0 Å². The van der Waals surface area contributed by atoms with E-state index in [1.165, 1.54) is 6.92 Å². The predicted octanol–water partition coefficient (Wildman–Crippen LogP) is 3.71. The summed E-state index contributed by atoms with van der Waals surface area (Å²) in [6.45, 7) is 1.48. The minimum Gasteiger partial charge on any atom is -0.496 e. The molecule has 0 fully saturated rings. The maximum Gasteiger partial charge on any atom is 0.194 e. The number of methoxy groups -OCH3 is 1. The Morgan fingerprint density at radius 1 is 1.20 bits per heavy atom. The van der Waals surface area contributed by atoms with Crippen molar-refractivity contribution in [3.8, 4) is 17.1 Å². The lowest BCUT2D eigenvalue weighted by atomic mass is 10.1. The molecule has 0 aliphatic carbocycles. The molecule has 0 N–H and O–H groups in total. The van der Waals surface area contributed by atoms with Crippen LogP contribution < -0.4 is 4.74 Å². The van der Waals surface area contributed by atoms with Gasteiger partial charge in [-0.3, -0.25) is 9.78 Å². The molecule has 4 nitrogen and oxygen atoms in total. The van der Waals surface area contributed by atoms with E-state index in [0.29, 0.717) is 11.5 Å². The second-order valence-corrected chi connectivity index (χ2v) is 4.44. The van der Waals surface area contributed by atoms with E-state index in [2.05, 4.69) is 4.98 Å². The van der Waals surface area contributed by atoms with Crippen LogP contribution in [-0.2, 0) is 0 Å². The second-order valence-electron chi connectivity index (χ2n) is 4.44. The van der Waals surface area contributed by atoms with Crippen LogP contribution in [0.4, 0.5) is 0 Å². The monoisotopic (exact) mass is 267 g/mol. The predicted molar refractivity (Wildman–Crippen MR) is 76.0 cm³/mol. The van der Waals surface area contributed by atoms with Crippen LogP contribution in [0.1, 0.15) is 17.5 Å². The van der Waals surface area contributed by atoms with Gasteiger partial charge in [-0.2, -0.15) is 0 Å². The van der Waals surface area contributed by atoms with E-state index in [0.717, 1.165) is 22.2 Å². The molecule has 0 unspecified atom stereocenters. The number of aromatic nitrogens is 1. The molecule has 100 valence electrons. The van der Waals surface area contributed by atoms with Gasteiger partial charge in [-0.05, 0) is 36.4 Å². The Morgan fingerprint density at radius 2 is 2.05 bits per heavy atom. The lowest BCUT2D eigenvalue weighted by Crippen LogP contribution is -1.89. The van der Waals surface area contributed by atoms with Crippen LogP contribution in [0.3, 0.4) is 0 Å². The van der Waals surface area contributed by atoms with E-state index in [1.54, 1.807) is 25.4 Å². The summed E-state index contributed by atoms with van der Waals surface area (Å²) in [7, 11) is 1.63. The van der Waals surface area contributed by atoms with Gasteiger partial charge in [0.2, 0.25) is 0 Å². The molecule has 0 aliphatic heterocycles. The highest BCUT2D eigenvalue weighted by molar-refractivity contribution is 5.97. The van der Waals surface area contributed by atoms with Crippen LogP contribution in [-0.4, -0.2) is 17.9 Å². The Morgan fingerprint density at radius 3 is 2.75 bits per heavy atom. The van der Waals surface area contributed by atoms with Crippen molar-refractivity contribution in [1.29, 1.82) is 0 Å². The maximum absolute atomic E-state index is 11.3. The van der Waals surface area contributed by atoms with E-state index >= 15 is 0 Å². The molecule has 0 saturated carbocycles. The molecule has 0 aliphatic rings. The average Bonchev–Trinajstić information content (AvgIpc) is 2.96. The highest BCUT2D eigenvalue weighted by Crippen LogP contribution is 2.33. The molecule has 4 heteroatoms. The highest BCUT2D eigenvalue weighted by atomic mass is 16.5. The number of furan rings is 1. The van der Waals surface area contributed by atoms with Crippen molar-refractivity contribution in [3.05, 3.63) is 48.4 Å². The number of ketones is 1. The van der Waals surface area contributed by atoms with Crippen LogP contribution >= 0.6 is 0 Å². The molecular formula is C16H13NO3. The number of rotatable bonds is 3. The zero-order valence-electron chi connectivity index (χ0n) is 11.2. The van der Waals surface area contributed by atoms with Crippen LogP contribution in [0.5, 0.6) is 5.75 Å². The van der Waals surface area contributed by atoms with Crippen molar-refractivity contribution in [3.63, 3.8) is 0 Å². The molecule has 0 radical (unpaired) electrons. The largest absolute Gasteiger partial charge is 0.496 e. The maximum atomic E-state index is 11.3. The molecule has 20 heavy (non-hydrogen) atoms. The Balaban J connectivity index is 2.23. The van der Waals surface area contributed by atoms with Crippen molar-refractivity contribution in [1.82, 2.24) is 4.98 Å². The number of pyridine rings is 1. The van der Waals surface area contributed by atoms with Gasteiger partial charge < -0.3 is 9.15 Å². The van der Waals surface area contributed by atoms with Crippen molar-refractivity contribution < 1.29 is 13.9 Å². The number of ether oxygens (including phenoxy) is 1. The fourth-order valence-corrected chi connectivity index (χ4v) is 2.20. The standard InChI is InChI=1S/C16H13NO3/c1-10(18)13-7-8-15(20-13)12-5-6-14(19-2)11-4-3-9-17-16(11)12/h3-9H,1-2H3. The molecule has 0 bridgehead atoms. The fraction of sp³-hybridized carbons (Fsp3) is 0.125. The topological polar surface area (TPSA) is 52.3 Å². The minimum atomic E-state index is -0.0953. The van der Waals surface area contributed by atoms with Crippen LogP contribution in [0.2, 0.25) is 0 Å². The summed E-state index contributed by atoms with van der Waals surface area (Å²) < 4.78 is 10.9. The third-order valence-corrected chi connectivity index (χ3v) is 3.17. The van der Waals surface area contributed by atoms with E-state index in [1.807, 2.05) is 24.3 Å². The van der Waals surface area contributed by atoms with Crippen molar-refractivity contribution in [2.24, 2.45) is 0 Å². The lowest BCUT2D eigenvalue weighted by Gasteiger charge is -2.07. The van der Waals surface area contributed by atoms with E-state index in [4.69, 9.17) is 9.15 Å². The van der Waals surface area contributed by atoms with E-state index in [-0.39, 0.29) is 5.78 Å². The Labute approximate surface area is 116 Å². The molecule has 0 amide bonds. The third-order valence-electron chi connectivity index (χ3n) is 3.17. The summed E-state index contributed by atoms with van der Waals surface area (Å²) >= 11 is 0. The minimum absolute atomic E-state index is 0.0953. The molecular weight excluding hydrogens is 254 g/mol. The van der Waals surface area contributed by atoms with Gasteiger partial charge in [-0.15, -0.1) is 0 Å². The van der Waals surface area contributed by atoms with Crippen LogP contribution in [0.25, 0.3) is 22.2 Å². The number of benzene rings is 1. The molecule has 0 spiro atoms. The molecule has 0 atom stereocenters. The van der Waals surface area contributed by atoms with Gasteiger partial charge in [0.15, 0.2) is 11.5 Å². The first-order valence-corrected chi connectivity index (χ1v) is 6.23. The van der Waals surface area contributed by atoms with Crippen molar-refractivity contribution in [2.45, 2.75) is 6.92 Å². The first kappa shape index (κ1) is 12.4. The van der Waals surface area contributed by atoms with Crippen molar-refractivity contribution >= 4 is 16.7 Å². The van der Waals surface area contributed by atoms with Crippen molar-refractivity contribution in [2.75, 3.05) is 7.11 Å². The van der Waals surface area contributed by atoms with Gasteiger partial charge in [0.05, 0.1) is 12.6 Å². The number of hydrogen-bond acceptors (Lipinski definition) is 4. The summed E-state index contributed by atoms with van der Waals surface area (Å²) in [6.07, 6.45) is 1.72. The third kappa shape index (κ3) is 1.95. The quantitative estimate of drug-likeness (QED) is 0.679. The van der Waals surface area contributed by atoms with Gasteiger partial charge in [-0.25, -0.2) is 0 Å². The summed E-state index contributed by atoms with van der Waals surface area (Å²) in [5, 5.41) is 0.910. The summed E-state index contributed by atoms with van der Waals surface area (Å²) in [5.74, 6) is 1.64. The zero-order valence-corrected chi connectivity index (χ0v) is 11.2. The van der Waals surface area contributed by atoms with Gasteiger partial charge in [0.1, 0.15) is 11.5 Å². The summed E-state index contributed by atoms with van der Waals surface area (Å²) in [4.78, 5) is 15.7. The van der Waals surface area contributed by atoms with E-state index < -0.39 is 0 Å². The molecule has 3 rings (SSSR count). The SMILES string of the molecule is COc1ccc(-c2ccc(C(C)=O)o2)c2ncccc12. The molecule has 2 heterocycles. The molecule has 1 aromatic carbocycles. The Bertz CT molecular complexity index is 789. The van der Waals surface area contributed by atoms with Gasteiger partial charge >= 0.3 is 0 Å². The second kappa shape index (κ2) is 4.81. The normalized spacial score (nSPS) is 10.7. The number of carbonyl (C=O) groups excluding carboxylic acids is 1. The number of Topliss-reactive ketones (excluding diaryl/α,β-unsaturated/α-hetero) is 1. The first-order valence-electron chi connectivity index (χ1n) is 6.23. The molecule has 0 saturated heterocycles. The summed E-state index contributed by atoms with van der Waals surface area (Å²) in [6, 6.07) is 11.0. The first-order chi connectivity index (χ1) is 9.70. The zero-order chi connectivity index (χ0) is 14.1. The fourth-order valence-electron chi connectivity index (χ4n) is 2.20. The average molecular weight is 267 g/mol. The smallest absolute Gasteiger partial charge is 0.194 e. The van der Waals surface area contributed by atoms with Gasteiger partial charge in [0.25, 0.3) is 0 Å². The number of nitrogens with zero attached hydrogens (tertiary/aromatic N) is 1. The molecule has 2 aromatic heterocycles. The number of fused-ring (bicyclic) bond motifs is 1. The Hall–Kier alpha value is -2.62. The van der Waals surface area contributed by atoms with Crippen LogP contribution in [0.15, 0.2) is 47.0 Å². The summed E-state index contributed by atoms with van der Waals surface area (Å²) in [5.41, 5.74) is 1.63. The lowest BCUT2D eigenvalue weighted by molar-refractivity contribution is 0.0988.